The standard InChI is InChI=1S/C34H32Cl2N8O3/c1-19-38-25-10-4-14-37-31(25)32(39-19)40-23-8-2-6-21(29(23)35)22-7-3-9-24(30(22)36)41-33(45)26-18-28-27(11-5-15-44(28)42-26)43-16-12-20(13-17-43)34(46)47/h2-4,6-10,14,18,20,27H,5,11-13,15-17H2,1H3,(H,41,45)(H,46,47)(H,38,39,40)/t27-/m1/s1. The van der Waals surface area contributed by atoms with Crippen LogP contribution in [-0.4, -0.2) is 59.7 Å². The first-order chi connectivity index (χ1) is 22.8. The molecule has 0 unspecified atom stereocenters. The largest absolute Gasteiger partial charge is 0.481 e. The van der Waals surface area contributed by atoms with Crippen molar-refractivity contribution in [2.24, 2.45) is 5.92 Å². The van der Waals surface area contributed by atoms with Gasteiger partial charge in [0.15, 0.2) is 11.5 Å². The van der Waals surface area contributed by atoms with Crippen molar-refractivity contribution in [1.82, 2.24) is 29.6 Å². The normalized spacial score (nSPS) is 17.0. The van der Waals surface area contributed by atoms with Crippen LogP contribution in [0.15, 0.2) is 60.8 Å². The average Bonchev–Trinajstić information content (AvgIpc) is 3.52. The minimum Gasteiger partial charge on any atom is -0.481 e. The molecule has 11 nitrogen and oxygen atoms in total. The van der Waals surface area contributed by atoms with Crippen LogP contribution in [0.4, 0.5) is 17.2 Å². The van der Waals surface area contributed by atoms with Crippen molar-refractivity contribution in [3.05, 3.63) is 88.1 Å². The number of pyridine rings is 1. The van der Waals surface area contributed by atoms with Crippen LogP contribution in [-0.2, 0) is 11.3 Å². The van der Waals surface area contributed by atoms with Crippen LogP contribution in [0.1, 0.15) is 53.7 Å². The van der Waals surface area contributed by atoms with Crippen molar-refractivity contribution in [1.29, 1.82) is 0 Å². The fourth-order valence-corrected chi connectivity index (χ4v) is 7.11. The average molecular weight is 672 g/mol. The molecule has 2 aliphatic heterocycles. The van der Waals surface area contributed by atoms with Crippen molar-refractivity contribution in [3.63, 3.8) is 0 Å². The second-order valence-electron chi connectivity index (χ2n) is 11.9. The lowest BCUT2D eigenvalue weighted by molar-refractivity contribution is -0.143. The molecular formula is C34H32Cl2N8O3. The lowest BCUT2D eigenvalue weighted by atomic mass is 9.93. The maximum absolute atomic E-state index is 13.5. The van der Waals surface area contributed by atoms with Gasteiger partial charge >= 0.3 is 5.97 Å². The molecule has 7 rings (SSSR count). The van der Waals surface area contributed by atoms with Gasteiger partial charge in [-0.2, -0.15) is 5.10 Å². The van der Waals surface area contributed by atoms with E-state index >= 15 is 0 Å². The summed E-state index contributed by atoms with van der Waals surface area (Å²) in [4.78, 5) is 40.7. The van der Waals surface area contributed by atoms with E-state index in [0.29, 0.717) is 81.3 Å². The Kier molecular flexibility index (Phi) is 8.52. The van der Waals surface area contributed by atoms with Gasteiger partial charge in [-0.3, -0.25) is 24.2 Å². The topological polar surface area (TPSA) is 138 Å². The van der Waals surface area contributed by atoms with E-state index in [0.717, 1.165) is 30.6 Å². The number of halogens is 2. The molecule has 3 aromatic heterocycles. The summed E-state index contributed by atoms with van der Waals surface area (Å²) in [6, 6.07) is 16.6. The highest BCUT2D eigenvalue weighted by Gasteiger charge is 2.33. The summed E-state index contributed by atoms with van der Waals surface area (Å²) >= 11 is 13.9. The van der Waals surface area contributed by atoms with Crippen LogP contribution < -0.4 is 10.6 Å². The number of rotatable bonds is 7. The van der Waals surface area contributed by atoms with Gasteiger partial charge in [0.05, 0.1) is 44.6 Å². The molecule has 1 saturated heterocycles. The van der Waals surface area contributed by atoms with E-state index in [9.17, 15) is 14.7 Å². The smallest absolute Gasteiger partial charge is 0.306 e. The molecule has 0 spiro atoms. The second-order valence-corrected chi connectivity index (χ2v) is 12.6. The molecule has 240 valence electrons. The number of hydrogen-bond acceptors (Lipinski definition) is 8. The van der Waals surface area contributed by atoms with E-state index in [1.165, 1.54) is 0 Å². The number of aromatic nitrogens is 5. The zero-order valence-electron chi connectivity index (χ0n) is 25.6. The molecule has 1 amide bonds. The summed E-state index contributed by atoms with van der Waals surface area (Å²) in [5.41, 5.74) is 5.00. The third kappa shape index (κ3) is 6.14. The van der Waals surface area contributed by atoms with Crippen LogP contribution >= 0.6 is 23.2 Å². The summed E-state index contributed by atoms with van der Waals surface area (Å²) < 4.78 is 1.90. The van der Waals surface area contributed by atoms with Gasteiger partial charge in [0.2, 0.25) is 0 Å². The maximum Gasteiger partial charge on any atom is 0.306 e. The molecule has 5 aromatic rings. The molecule has 5 heterocycles. The number of carbonyl (C=O) groups excluding carboxylic acids is 1. The molecule has 13 heteroatoms. The molecule has 3 N–H and O–H groups in total. The zero-order chi connectivity index (χ0) is 32.7. The molecule has 0 saturated carbocycles. The van der Waals surface area contributed by atoms with E-state index in [1.54, 1.807) is 12.3 Å². The molecule has 1 atom stereocenters. The predicted octanol–water partition coefficient (Wildman–Crippen LogP) is 7.13. The summed E-state index contributed by atoms with van der Waals surface area (Å²) in [6.07, 6.45) is 4.81. The van der Waals surface area contributed by atoms with Gasteiger partial charge in [0, 0.05) is 23.9 Å². The van der Waals surface area contributed by atoms with Crippen molar-refractivity contribution in [2.45, 2.75) is 45.2 Å². The number of anilines is 3. The first-order valence-electron chi connectivity index (χ1n) is 15.6. The number of likely N-dealkylation sites (tertiary alicyclic amines) is 1. The predicted molar refractivity (Wildman–Crippen MR) is 181 cm³/mol. The summed E-state index contributed by atoms with van der Waals surface area (Å²) in [5, 5.41) is 21.1. The highest BCUT2D eigenvalue weighted by atomic mass is 35.5. The molecule has 1 fully saturated rings. The van der Waals surface area contributed by atoms with Gasteiger partial charge in [-0.25, -0.2) is 9.97 Å². The number of fused-ring (bicyclic) bond motifs is 2. The Morgan fingerprint density at radius 3 is 2.38 bits per heavy atom. The Labute approximate surface area is 281 Å². The Morgan fingerprint density at radius 2 is 1.64 bits per heavy atom. The van der Waals surface area contributed by atoms with Crippen molar-refractivity contribution >= 4 is 63.3 Å². The minimum atomic E-state index is -0.727. The molecule has 0 bridgehead atoms. The van der Waals surface area contributed by atoms with Crippen molar-refractivity contribution < 1.29 is 14.7 Å². The lowest BCUT2D eigenvalue weighted by Crippen LogP contribution is -2.40. The lowest BCUT2D eigenvalue weighted by Gasteiger charge is -2.38. The molecule has 47 heavy (non-hydrogen) atoms. The number of carbonyl (C=O) groups is 2. The Morgan fingerprint density at radius 1 is 0.915 bits per heavy atom. The van der Waals surface area contributed by atoms with E-state index in [-0.39, 0.29) is 17.9 Å². The van der Waals surface area contributed by atoms with Crippen LogP contribution in [0, 0.1) is 12.8 Å². The number of aryl methyl sites for hydroxylation is 2. The highest BCUT2D eigenvalue weighted by molar-refractivity contribution is 6.39. The van der Waals surface area contributed by atoms with Crippen LogP contribution in [0.5, 0.6) is 0 Å². The highest BCUT2D eigenvalue weighted by Crippen LogP contribution is 2.41. The summed E-state index contributed by atoms with van der Waals surface area (Å²) in [5.74, 6) is -0.254. The third-order valence-corrected chi connectivity index (χ3v) is 9.72. The van der Waals surface area contributed by atoms with Gasteiger partial charge < -0.3 is 15.7 Å². The number of nitrogens with one attached hydrogen (secondary N) is 2. The molecule has 0 radical (unpaired) electrons. The number of aliphatic carboxylic acids is 1. The first-order valence-corrected chi connectivity index (χ1v) is 16.3. The van der Waals surface area contributed by atoms with Gasteiger partial charge in [0.1, 0.15) is 11.3 Å². The maximum atomic E-state index is 13.5. The van der Waals surface area contributed by atoms with E-state index in [2.05, 4.69) is 35.6 Å². The van der Waals surface area contributed by atoms with E-state index < -0.39 is 5.97 Å². The van der Waals surface area contributed by atoms with Crippen molar-refractivity contribution in [3.8, 4) is 11.1 Å². The quantitative estimate of drug-likeness (QED) is 0.165. The number of carboxylic acid groups (broad SMARTS) is 1. The monoisotopic (exact) mass is 670 g/mol. The second kappa shape index (κ2) is 12.9. The van der Waals surface area contributed by atoms with E-state index in [4.69, 9.17) is 23.2 Å². The van der Waals surface area contributed by atoms with Crippen LogP contribution in [0.25, 0.3) is 22.2 Å². The summed E-state index contributed by atoms with van der Waals surface area (Å²) in [6.45, 7) is 3.97. The number of carboxylic acids is 1. The van der Waals surface area contributed by atoms with Gasteiger partial charge in [0.25, 0.3) is 5.91 Å². The zero-order valence-corrected chi connectivity index (χ0v) is 27.1. The number of benzene rings is 2. The molecule has 2 aromatic carbocycles. The third-order valence-electron chi connectivity index (χ3n) is 8.91. The van der Waals surface area contributed by atoms with Crippen LogP contribution in [0.3, 0.4) is 0 Å². The fraction of sp³-hybridized carbons (Fsp3) is 0.294. The first kappa shape index (κ1) is 31.0. The number of nitrogens with zero attached hydrogens (tertiary/aromatic N) is 6. The molecule has 2 aliphatic rings. The van der Waals surface area contributed by atoms with Crippen LogP contribution in [0.2, 0.25) is 10.0 Å². The number of piperidine rings is 1. The minimum absolute atomic E-state index is 0.0996. The Balaban J connectivity index is 1.12. The van der Waals surface area contributed by atoms with E-state index in [1.807, 2.05) is 60.1 Å². The van der Waals surface area contributed by atoms with Crippen molar-refractivity contribution in [2.75, 3.05) is 23.7 Å². The Hall–Kier alpha value is -4.58. The Bertz CT molecular complexity index is 2010. The number of hydrogen-bond donors (Lipinski definition) is 3. The fourth-order valence-electron chi connectivity index (χ4n) is 6.56. The van der Waals surface area contributed by atoms with Gasteiger partial charge in [-0.1, -0.05) is 47.5 Å². The number of amides is 1. The van der Waals surface area contributed by atoms with Gasteiger partial charge in [-0.15, -0.1) is 0 Å². The molecular weight excluding hydrogens is 639 g/mol. The SMILES string of the molecule is Cc1nc(Nc2cccc(-c3cccc(NC(=O)c4cc5n(n4)CCC[C@H]5N4CCC(C(=O)O)CC4)c3Cl)c2Cl)c2ncccc2n1. The molecule has 0 aliphatic carbocycles. The van der Waals surface area contributed by atoms with Gasteiger partial charge in [-0.05, 0) is 76.0 Å². The summed E-state index contributed by atoms with van der Waals surface area (Å²) in [7, 11) is 0.